The zero-order valence-electron chi connectivity index (χ0n) is 21.0. The van der Waals surface area contributed by atoms with Crippen LogP contribution in [-0.2, 0) is 0 Å². The van der Waals surface area contributed by atoms with E-state index in [1.54, 1.807) is 0 Å². The highest BCUT2D eigenvalue weighted by Crippen LogP contribution is 2.28. The molecule has 1 aliphatic heterocycles. The van der Waals surface area contributed by atoms with Crippen LogP contribution < -0.4 is 15.5 Å². The predicted molar refractivity (Wildman–Crippen MR) is 140 cm³/mol. The van der Waals surface area contributed by atoms with Crippen molar-refractivity contribution in [1.82, 2.24) is 29.8 Å². The molecule has 2 N–H and O–H groups in total. The SMILES string of the molecule is CNC.Cc1nc2ccc(-c3nc(Nc4ccc(N5CCCC5)cn4)ncc3F)cc2n1C(C)C. The molecular formula is C26H33FN8. The van der Waals surface area contributed by atoms with Gasteiger partial charge in [-0.05, 0) is 72.0 Å². The molecule has 8 nitrogen and oxygen atoms in total. The van der Waals surface area contributed by atoms with Gasteiger partial charge >= 0.3 is 0 Å². The van der Waals surface area contributed by atoms with Crippen molar-refractivity contribution in [3.8, 4) is 11.3 Å². The summed E-state index contributed by atoms with van der Waals surface area (Å²) in [5.41, 5.74) is 3.88. The number of aryl methyl sites for hydroxylation is 1. The van der Waals surface area contributed by atoms with Crippen LogP contribution in [0.3, 0.4) is 0 Å². The first kappa shape index (κ1) is 24.5. The molecule has 0 spiro atoms. The second kappa shape index (κ2) is 10.8. The summed E-state index contributed by atoms with van der Waals surface area (Å²) in [6.45, 7) is 8.33. The van der Waals surface area contributed by atoms with Crippen molar-refractivity contribution in [2.75, 3.05) is 37.4 Å². The van der Waals surface area contributed by atoms with Crippen LogP contribution >= 0.6 is 0 Å². The molecule has 0 atom stereocenters. The molecule has 0 bridgehead atoms. The molecule has 0 radical (unpaired) electrons. The molecule has 9 heteroatoms. The number of nitrogens with zero attached hydrogens (tertiary/aromatic N) is 6. The van der Waals surface area contributed by atoms with Crippen molar-refractivity contribution < 1.29 is 4.39 Å². The zero-order chi connectivity index (χ0) is 24.9. The fourth-order valence-electron chi connectivity index (χ4n) is 4.38. The quantitative estimate of drug-likeness (QED) is 0.415. The Kier molecular flexibility index (Phi) is 7.55. The number of hydrogen-bond acceptors (Lipinski definition) is 7. The summed E-state index contributed by atoms with van der Waals surface area (Å²) in [5, 5.41) is 5.84. The molecule has 3 aromatic heterocycles. The average molecular weight is 477 g/mol. The second-order valence-electron chi connectivity index (χ2n) is 8.94. The molecular weight excluding hydrogens is 443 g/mol. The number of fused-ring (bicyclic) bond motifs is 1. The van der Waals surface area contributed by atoms with Gasteiger partial charge in [0.25, 0.3) is 0 Å². The highest BCUT2D eigenvalue weighted by atomic mass is 19.1. The van der Waals surface area contributed by atoms with Crippen LogP contribution in [0.1, 0.15) is 38.6 Å². The molecule has 35 heavy (non-hydrogen) atoms. The predicted octanol–water partition coefficient (Wildman–Crippen LogP) is 5.10. The Balaban J connectivity index is 0.000000917. The highest BCUT2D eigenvalue weighted by Gasteiger charge is 2.16. The lowest BCUT2D eigenvalue weighted by Gasteiger charge is -2.17. The number of benzene rings is 1. The minimum Gasteiger partial charge on any atom is -0.370 e. The second-order valence-corrected chi connectivity index (χ2v) is 8.94. The van der Waals surface area contributed by atoms with E-state index in [2.05, 4.69) is 53.9 Å². The summed E-state index contributed by atoms with van der Waals surface area (Å²) in [6.07, 6.45) is 5.48. The summed E-state index contributed by atoms with van der Waals surface area (Å²) < 4.78 is 16.8. The molecule has 0 saturated carbocycles. The first-order valence-electron chi connectivity index (χ1n) is 12.0. The molecule has 4 aromatic rings. The van der Waals surface area contributed by atoms with Crippen LogP contribution in [0.5, 0.6) is 0 Å². The molecule has 1 aromatic carbocycles. The van der Waals surface area contributed by atoms with E-state index in [0.717, 1.165) is 35.6 Å². The van der Waals surface area contributed by atoms with E-state index in [1.807, 2.05) is 57.5 Å². The number of halogens is 1. The monoisotopic (exact) mass is 476 g/mol. The Morgan fingerprint density at radius 2 is 1.71 bits per heavy atom. The van der Waals surface area contributed by atoms with E-state index >= 15 is 0 Å². The van der Waals surface area contributed by atoms with Gasteiger partial charge in [-0.25, -0.2) is 24.3 Å². The van der Waals surface area contributed by atoms with E-state index in [-0.39, 0.29) is 11.7 Å². The maximum atomic E-state index is 14.7. The minimum absolute atomic E-state index is 0.243. The number of pyridine rings is 1. The Bertz CT molecular complexity index is 1280. The number of rotatable bonds is 5. The lowest BCUT2D eigenvalue weighted by atomic mass is 10.1. The van der Waals surface area contributed by atoms with Gasteiger partial charge < -0.3 is 20.1 Å². The van der Waals surface area contributed by atoms with Crippen LogP contribution in [0.4, 0.5) is 21.8 Å². The molecule has 184 valence electrons. The molecule has 4 heterocycles. The first-order valence-corrected chi connectivity index (χ1v) is 12.0. The molecule has 0 unspecified atom stereocenters. The number of anilines is 3. The number of imidazole rings is 1. The van der Waals surface area contributed by atoms with Gasteiger partial charge in [-0.2, -0.15) is 0 Å². The molecule has 1 fully saturated rings. The Labute approximate surface area is 205 Å². The van der Waals surface area contributed by atoms with Crippen molar-refractivity contribution in [2.45, 2.75) is 39.7 Å². The number of aromatic nitrogens is 5. The highest BCUT2D eigenvalue weighted by molar-refractivity contribution is 5.82. The van der Waals surface area contributed by atoms with Crippen molar-refractivity contribution in [1.29, 1.82) is 0 Å². The van der Waals surface area contributed by atoms with Gasteiger partial charge in [0.05, 0.1) is 29.1 Å². The summed E-state index contributed by atoms with van der Waals surface area (Å²) in [6, 6.07) is 9.87. The van der Waals surface area contributed by atoms with E-state index in [9.17, 15) is 4.39 Å². The maximum absolute atomic E-state index is 14.7. The van der Waals surface area contributed by atoms with Crippen LogP contribution in [-0.4, -0.2) is 51.7 Å². The van der Waals surface area contributed by atoms with Gasteiger partial charge in [-0.3, -0.25) is 0 Å². The van der Waals surface area contributed by atoms with E-state index in [4.69, 9.17) is 0 Å². The topological polar surface area (TPSA) is 83.8 Å². The number of hydrogen-bond donors (Lipinski definition) is 2. The van der Waals surface area contributed by atoms with Gasteiger partial charge in [0.2, 0.25) is 5.95 Å². The summed E-state index contributed by atoms with van der Waals surface area (Å²) in [7, 11) is 3.75. The fraction of sp³-hybridized carbons (Fsp3) is 0.385. The third kappa shape index (κ3) is 5.40. The van der Waals surface area contributed by atoms with E-state index < -0.39 is 5.82 Å². The van der Waals surface area contributed by atoms with Gasteiger partial charge in [-0.1, -0.05) is 6.07 Å². The normalized spacial score (nSPS) is 13.3. The first-order chi connectivity index (χ1) is 16.9. The van der Waals surface area contributed by atoms with Crippen molar-refractivity contribution >= 4 is 28.5 Å². The Morgan fingerprint density at radius 3 is 2.37 bits per heavy atom. The average Bonchev–Trinajstić information content (AvgIpc) is 3.48. The third-order valence-electron chi connectivity index (χ3n) is 5.86. The summed E-state index contributed by atoms with van der Waals surface area (Å²) in [4.78, 5) is 20.0. The molecule has 1 aliphatic rings. The van der Waals surface area contributed by atoms with Crippen LogP contribution in [0.15, 0.2) is 42.7 Å². The summed E-state index contributed by atoms with van der Waals surface area (Å²) in [5.74, 6) is 1.38. The smallest absolute Gasteiger partial charge is 0.229 e. The van der Waals surface area contributed by atoms with Crippen LogP contribution in [0, 0.1) is 12.7 Å². The molecule has 5 rings (SSSR count). The standard InChI is InChI=1S/C24H26FN7.C2H7N/c1-15(2)32-16(3)28-20-8-6-17(12-21(20)32)23-19(25)14-27-24(30-23)29-22-9-7-18(13-26-22)31-10-4-5-11-31;1-3-2/h6-9,12-15H,4-5,10-11H2,1-3H3,(H,26,27,29,30);3H,1-2H3. The van der Waals surface area contributed by atoms with Crippen molar-refractivity contribution in [3.05, 3.63) is 54.4 Å². The van der Waals surface area contributed by atoms with Gasteiger partial charge in [0, 0.05) is 24.7 Å². The Morgan fingerprint density at radius 1 is 0.971 bits per heavy atom. The Hall–Kier alpha value is -3.59. The molecule has 0 aliphatic carbocycles. The molecule has 1 saturated heterocycles. The van der Waals surface area contributed by atoms with Gasteiger partial charge in [0.15, 0.2) is 5.82 Å². The van der Waals surface area contributed by atoms with Crippen LogP contribution in [0.25, 0.3) is 22.3 Å². The van der Waals surface area contributed by atoms with Gasteiger partial charge in [0.1, 0.15) is 17.3 Å². The zero-order valence-corrected chi connectivity index (χ0v) is 21.0. The maximum Gasteiger partial charge on any atom is 0.229 e. The van der Waals surface area contributed by atoms with Crippen molar-refractivity contribution in [3.63, 3.8) is 0 Å². The minimum atomic E-state index is -0.473. The van der Waals surface area contributed by atoms with Crippen molar-refractivity contribution in [2.24, 2.45) is 0 Å². The van der Waals surface area contributed by atoms with Gasteiger partial charge in [-0.15, -0.1) is 0 Å². The van der Waals surface area contributed by atoms with E-state index in [0.29, 0.717) is 17.3 Å². The number of nitrogens with one attached hydrogen (secondary N) is 2. The van der Waals surface area contributed by atoms with E-state index in [1.165, 1.54) is 19.0 Å². The lowest BCUT2D eigenvalue weighted by Crippen LogP contribution is -2.17. The van der Waals surface area contributed by atoms with Crippen LogP contribution in [0.2, 0.25) is 0 Å². The lowest BCUT2D eigenvalue weighted by molar-refractivity contribution is 0.600. The third-order valence-corrected chi connectivity index (χ3v) is 5.86. The largest absolute Gasteiger partial charge is 0.370 e. The summed E-state index contributed by atoms with van der Waals surface area (Å²) >= 11 is 0. The fourth-order valence-corrected chi connectivity index (χ4v) is 4.38. The molecule has 0 amide bonds.